The quantitative estimate of drug-likeness (QED) is 0.491. The van der Waals surface area contributed by atoms with Crippen LogP contribution in [0.15, 0.2) is 54.6 Å². The van der Waals surface area contributed by atoms with Crippen LogP contribution in [0.5, 0.6) is 11.5 Å². The number of rotatable bonds is 5. The summed E-state index contributed by atoms with van der Waals surface area (Å²) in [6, 6.07) is 19.6. The smallest absolute Gasteiger partial charge is 0.130 e. The molecule has 0 amide bonds. The van der Waals surface area contributed by atoms with Gasteiger partial charge in [-0.05, 0) is 80.5 Å². The summed E-state index contributed by atoms with van der Waals surface area (Å²) >= 11 is 0. The van der Waals surface area contributed by atoms with E-state index >= 15 is 0 Å². The van der Waals surface area contributed by atoms with Crippen LogP contribution < -0.4 is 4.74 Å². The lowest BCUT2D eigenvalue weighted by atomic mass is 9.98. The lowest BCUT2D eigenvalue weighted by Crippen LogP contribution is -1.96. The largest absolute Gasteiger partial charge is 0.457 e. The van der Waals surface area contributed by atoms with Crippen molar-refractivity contribution in [2.45, 2.75) is 47.5 Å². The molecule has 0 saturated heterocycles. The second-order valence-corrected chi connectivity index (χ2v) is 7.27. The van der Waals surface area contributed by atoms with E-state index in [0.717, 1.165) is 24.3 Å². The molecule has 26 heavy (non-hydrogen) atoms. The van der Waals surface area contributed by atoms with Crippen LogP contribution in [0.25, 0.3) is 0 Å². The van der Waals surface area contributed by atoms with Crippen molar-refractivity contribution < 1.29 is 4.74 Å². The minimum atomic E-state index is 0.938. The molecule has 0 heterocycles. The van der Waals surface area contributed by atoms with Crippen molar-refractivity contribution in [2.75, 3.05) is 0 Å². The first-order valence-electron chi connectivity index (χ1n) is 9.39. The summed E-state index contributed by atoms with van der Waals surface area (Å²) in [7, 11) is 0. The third kappa shape index (κ3) is 4.16. The average molecular weight is 344 g/mol. The summed E-state index contributed by atoms with van der Waals surface area (Å²) in [4.78, 5) is 0. The third-order valence-electron chi connectivity index (χ3n) is 4.95. The van der Waals surface area contributed by atoms with Gasteiger partial charge in [-0.2, -0.15) is 0 Å². The molecule has 134 valence electrons. The molecule has 3 aromatic rings. The topological polar surface area (TPSA) is 9.23 Å². The summed E-state index contributed by atoms with van der Waals surface area (Å²) in [6.07, 6.45) is 1.93. The molecule has 0 aliphatic heterocycles. The average Bonchev–Trinajstić information content (AvgIpc) is 2.61. The Morgan fingerprint density at radius 3 is 2.04 bits per heavy atom. The first-order chi connectivity index (χ1) is 12.5. The summed E-state index contributed by atoms with van der Waals surface area (Å²) in [5.41, 5.74) is 9.08. The van der Waals surface area contributed by atoms with Gasteiger partial charge in [-0.25, -0.2) is 0 Å². The normalized spacial score (nSPS) is 10.8. The second-order valence-electron chi connectivity index (χ2n) is 7.27. The molecule has 0 fully saturated rings. The van der Waals surface area contributed by atoms with E-state index in [-0.39, 0.29) is 0 Å². The summed E-state index contributed by atoms with van der Waals surface area (Å²) in [5.74, 6) is 1.90. The molecule has 1 heteroatoms. The highest BCUT2D eigenvalue weighted by molar-refractivity contribution is 5.45. The maximum absolute atomic E-state index is 6.23. The number of hydrogen-bond acceptors (Lipinski definition) is 1. The van der Waals surface area contributed by atoms with Crippen LogP contribution >= 0.6 is 0 Å². The lowest BCUT2D eigenvalue weighted by Gasteiger charge is -2.14. The van der Waals surface area contributed by atoms with Crippen molar-refractivity contribution in [3.05, 3.63) is 93.5 Å². The predicted molar refractivity (Wildman–Crippen MR) is 111 cm³/mol. The summed E-state index contributed by atoms with van der Waals surface area (Å²) in [6.45, 7) is 10.7. The van der Waals surface area contributed by atoms with E-state index in [2.05, 4.69) is 89.2 Å². The molecule has 3 rings (SSSR count). The fraction of sp³-hybridized carbons (Fsp3) is 0.280. The molecule has 0 N–H and O–H groups in total. The predicted octanol–water partition coefficient (Wildman–Crippen LogP) is 6.87. The molecule has 0 bridgehead atoms. The highest BCUT2D eigenvalue weighted by Gasteiger charge is 2.08. The van der Waals surface area contributed by atoms with Crippen LogP contribution in [0.1, 0.15) is 45.9 Å². The zero-order chi connectivity index (χ0) is 18.7. The SMILES string of the molecule is CCc1cc(C)ccc1Oc1ccc(Cc2ccc(C)cc2C)cc1C. The zero-order valence-electron chi connectivity index (χ0n) is 16.5. The number of ether oxygens (including phenoxy) is 1. The van der Waals surface area contributed by atoms with Gasteiger partial charge in [0.2, 0.25) is 0 Å². The molecule has 0 aliphatic rings. The van der Waals surface area contributed by atoms with Gasteiger partial charge in [0.15, 0.2) is 0 Å². The van der Waals surface area contributed by atoms with Gasteiger partial charge in [0.25, 0.3) is 0 Å². The minimum Gasteiger partial charge on any atom is -0.457 e. The third-order valence-corrected chi connectivity index (χ3v) is 4.95. The van der Waals surface area contributed by atoms with Crippen LogP contribution in [0.3, 0.4) is 0 Å². The molecule has 0 atom stereocenters. The van der Waals surface area contributed by atoms with Gasteiger partial charge in [0.05, 0.1) is 0 Å². The van der Waals surface area contributed by atoms with Gasteiger partial charge in [-0.1, -0.05) is 60.5 Å². The van der Waals surface area contributed by atoms with Crippen molar-refractivity contribution in [1.82, 2.24) is 0 Å². The highest BCUT2D eigenvalue weighted by Crippen LogP contribution is 2.30. The highest BCUT2D eigenvalue weighted by atomic mass is 16.5. The van der Waals surface area contributed by atoms with Crippen LogP contribution in [-0.2, 0) is 12.8 Å². The summed E-state index contributed by atoms with van der Waals surface area (Å²) < 4.78 is 6.23. The Morgan fingerprint density at radius 2 is 1.35 bits per heavy atom. The number of benzene rings is 3. The molecule has 0 spiro atoms. The van der Waals surface area contributed by atoms with E-state index in [0.29, 0.717) is 0 Å². The monoisotopic (exact) mass is 344 g/mol. The van der Waals surface area contributed by atoms with Crippen LogP contribution in [0, 0.1) is 27.7 Å². The molecular weight excluding hydrogens is 316 g/mol. The fourth-order valence-electron chi connectivity index (χ4n) is 3.40. The zero-order valence-corrected chi connectivity index (χ0v) is 16.5. The Labute approximate surface area is 157 Å². The van der Waals surface area contributed by atoms with Gasteiger partial charge < -0.3 is 4.74 Å². The Hall–Kier alpha value is -2.54. The first kappa shape index (κ1) is 18.3. The molecule has 0 unspecified atom stereocenters. The van der Waals surface area contributed by atoms with Crippen LogP contribution in [0.4, 0.5) is 0 Å². The van der Waals surface area contributed by atoms with Crippen molar-refractivity contribution in [2.24, 2.45) is 0 Å². The maximum Gasteiger partial charge on any atom is 0.130 e. The molecule has 0 radical (unpaired) electrons. The van der Waals surface area contributed by atoms with Crippen molar-refractivity contribution >= 4 is 0 Å². The Kier molecular flexibility index (Phi) is 5.46. The summed E-state index contributed by atoms with van der Waals surface area (Å²) in [5, 5.41) is 0. The van der Waals surface area contributed by atoms with Crippen molar-refractivity contribution in [1.29, 1.82) is 0 Å². The van der Waals surface area contributed by atoms with Gasteiger partial charge in [-0.3, -0.25) is 0 Å². The van der Waals surface area contributed by atoms with Crippen molar-refractivity contribution in [3.63, 3.8) is 0 Å². The van der Waals surface area contributed by atoms with E-state index < -0.39 is 0 Å². The van der Waals surface area contributed by atoms with E-state index in [1.165, 1.54) is 38.9 Å². The van der Waals surface area contributed by atoms with E-state index in [4.69, 9.17) is 4.74 Å². The number of aryl methyl sites for hydroxylation is 5. The van der Waals surface area contributed by atoms with Crippen LogP contribution in [-0.4, -0.2) is 0 Å². The van der Waals surface area contributed by atoms with Gasteiger partial charge in [0.1, 0.15) is 11.5 Å². The fourth-order valence-corrected chi connectivity index (χ4v) is 3.40. The molecule has 3 aromatic carbocycles. The minimum absolute atomic E-state index is 0.938. The molecule has 0 aromatic heterocycles. The first-order valence-corrected chi connectivity index (χ1v) is 9.39. The Morgan fingerprint density at radius 1 is 0.654 bits per heavy atom. The Balaban J connectivity index is 1.81. The Bertz CT molecular complexity index is 921. The molecule has 0 saturated carbocycles. The van der Waals surface area contributed by atoms with Crippen molar-refractivity contribution in [3.8, 4) is 11.5 Å². The van der Waals surface area contributed by atoms with Gasteiger partial charge in [-0.15, -0.1) is 0 Å². The van der Waals surface area contributed by atoms with Gasteiger partial charge in [0, 0.05) is 0 Å². The van der Waals surface area contributed by atoms with Crippen LogP contribution in [0.2, 0.25) is 0 Å². The lowest BCUT2D eigenvalue weighted by molar-refractivity contribution is 0.473. The van der Waals surface area contributed by atoms with E-state index in [9.17, 15) is 0 Å². The van der Waals surface area contributed by atoms with E-state index in [1.807, 2.05) is 0 Å². The molecule has 0 aliphatic carbocycles. The standard InChI is InChI=1S/C25H28O/c1-6-22-14-18(3)8-11-25(22)26-24-12-9-21(15-20(24)5)16-23-10-7-17(2)13-19(23)4/h7-15H,6,16H2,1-5H3. The van der Waals surface area contributed by atoms with Gasteiger partial charge >= 0.3 is 0 Å². The second kappa shape index (κ2) is 7.78. The number of hydrogen-bond donors (Lipinski definition) is 0. The molecular formula is C25H28O. The van der Waals surface area contributed by atoms with E-state index in [1.54, 1.807) is 0 Å². The molecule has 1 nitrogen and oxygen atoms in total. The maximum atomic E-state index is 6.23.